The molecule has 1 aromatic carbocycles. The van der Waals surface area contributed by atoms with E-state index in [4.69, 9.17) is 0 Å². The molecule has 1 heterocycles. The molecule has 5 heteroatoms. The zero-order valence-electron chi connectivity index (χ0n) is 10.8. The molecule has 0 aliphatic heterocycles. The van der Waals surface area contributed by atoms with Crippen molar-refractivity contribution in [1.82, 2.24) is 9.13 Å². The van der Waals surface area contributed by atoms with Crippen LogP contribution in [-0.4, -0.2) is 14.9 Å². The van der Waals surface area contributed by atoms with Gasteiger partial charge in [-0.2, -0.15) is 0 Å². The summed E-state index contributed by atoms with van der Waals surface area (Å²) in [7, 11) is 2.88. The standard InChI is InChI=1S/C14H14N2O3/c1-15-9-11(13(18)16(2)14(15)19)12(17)8-10-6-4-3-5-7-10/h3-7,9H,8H2,1-2H3. The molecule has 0 saturated heterocycles. The zero-order chi connectivity index (χ0) is 14.0. The molecular weight excluding hydrogens is 244 g/mol. The van der Waals surface area contributed by atoms with E-state index in [1.165, 1.54) is 24.9 Å². The fraction of sp³-hybridized carbons (Fsp3) is 0.214. The number of nitrogens with zero attached hydrogens (tertiary/aromatic N) is 2. The van der Waals surface area contributed by atoms with Crippen LogP contribution in [0.4, 0.5) is 0 Å². The number of benzene rings is 1. The Labute approximate surface area is 109 Å². The summed E-state index contributed by atoms with van der Waals surface area (Å²) in [4.78, 5) is 35.6. The van der Waals surface area contributed by atoms with Crippen LogP contribution in [-0.2, 0) is 20.5 Å². The summed E-state index contributed by atoms with van der Waals surface area (Å²) in [6.45, 7) is 0. The van der Waals surface area contributed by atoms with E-state index >= 15 is 0 Å². The lowest BCUT2D eigenvalue weighted by Gasteiger charge is -2.06. The molecule has 0 radical (unpaired) electrons. The quantitative estimate of drug-likeness (QED) is 0.754. The van der Waals surface area contributed by atoms with Crippen LogP contribution in [0.5, 0.6) is 0 Å². The number of aryl methyl sites for hydroxylation is 1. The number of hydrogen-bond donors (Lipinski definition) is 0. The van der Waals surface area contributed by atoms with Gasteiger partial charge in [0.25, 0.3) is 5.56 Å². The number of ketones is 1. The van der Waals surface area contributed by atoms with Crippen molar-refractivity contribution >= 4 is 5.78 Å². The van der Waals surface area contributed by atoms with Gasteiger partial charge in [-0.3, -0.25) is 14.2 Å². The van der Waals surface area contributed by atoms with Crippen LogP contribution in [0.3, 0.4) is 0 Å². The molecule has 98 valence electrons. The smallest absolute Gasteiger partial charge is 0.303 e. The fourth-order valence-corrected chi connectivity index (χ4v) is 1.88. The van der Waals surface area contributed by atoms with Gasteiger partial charge in [-0.1, -0.05) is 30.3 Å². The third kappa shape index (κ3) is 2.54. The minimum absolute atomic E-state index is 0.0356. The molecule has 1 aromatic heterocycles. The Bertz CT molecular complexity index is 727. The maximum absolute atomic E-state index is 12.1. The van der Waals surface area contributed by atoms with Crippen LogP contribution in [0.15, 0.2) is 46.1 Å². The van der Waals surface area contributed by atoms with Crippen molar-refractivity contribution in [2.45, 2.75) is 6.42 Å². The Kier molecular flexibility index (Phi) is 3.46. The van der Waals surface area contributed by atoms with Gasteiger partial charge in [0.05, 0.1) is 5.56 Å². The molecule has 0 aliphatic rings. The predicted octanol–water partition coefficient (Wildman–Crippen LogP) is 0.509. The first-order chi connectivity index (χ1) is 9.00. The van der Waals surface area contributed by atoms with Crippen molar-refractivity contribution in [3.8, 4) is 0 Å². The largest absolute Gasteiger partial charge is 0.330 e. The van der Waals surface area contributed by atoms with Gasteiger partial charge in [-0.25, -0.2) is 4.79 Å². The van der Waals surface area contributed by atoms with Crippen LogP contribution in [0.2, 0.25) is 0 Å². The third-order valence-electron chi connectivity index (χ3n) is 2.95. The first-order valence-electron chi connectivity index (χ1n) is 5.84. The minimum Gasteiger partial charge on any atom is -0.303 e. The second kappa shape index (κ2) is 5.06. The molecule has 0 atom stereocenters. The second-order valence-corrected chi connectivity index (χ2v) is 4.39. The normalized spacial score (nSPS) is 10.4. The van der Waals surface area contributed by atoms with Crippen LogP contribution < -0.4 is 11.2 Å². The van der Waals surface area contributed by atoms with E-state index in [0.29, 0.717) is 0 Å². The maximum Gasteiger partial charge on any atom is 0.330 e. The Hall–Kier alpha value is -2.43. The number of Topliss-reactive ketones (excluding diaryl/α,β-unsaturated/α-hetero) is 1. The van der Waals surface area contributed by atoms with Crippen molar-refractivity contribution < 1.29 is 4.79 Å². The number of rotatable bonds is 3. The molecule has 2 rings (SSSR count). The highest BCUT2D eigenvalue weighted by Gasteiger charge is 2.14. The average Bonchev–Trinajstić information content (AvgIpc) is 2.41. The lowest BCUT2D eigenvalue weighted by Crippen LogP contribution is -2.39. The number of carbonyl (C=O) groups excluding carboxylic acids is 1. The van der Waals surface area contributed by atoms with Gasteiger partial charge in [-0.15, -0.1) is 0 Å². The summed E-state index contributed by atoms with van der Waals surface area (Å²) < 4.78 is 2.18. The molecule has 2 aromatic rings. The van der Waals surface area contributed by atoms with Crippen molar-refractivity contribution in [3.05, 3.63) is 68.5 Å². The van der Waals surface area contributed by atoms with Gasteiger partial charge >= 0.3 is 5.69 Å². The Morgan fingerprint density at radius 3 is 2.37 bits per heavy atom. The summed E-state index contributed by atoms with van der Waals surface area (Å²) >= 11 is 0. The number of hydrogen-bond acceptors (Lipinski definition) is 3. The van der Waals surface area contributed by atoms with Gasteiger partial charge in [0.15, 0.2) is 5.78 Å². The van der Waals surface area contributed by atoms with Crippen LogP contribution in [0.25, 0.3) is 0 Å². The topological polar surface area (TPSA) is 61.1 Å². The summed E-state index contributed by atoms with van der Waals surface area (Å²) in [6.07, 6.45) is 1.45. The highest BCUT2D eigenvalue weighted by Crippen LogP contribution is 2.03. The fourth-order valence-electron chi connectivity index (χ4n) is 1.88. The van der Waals surface area contributed by atoms with Gasteiger partial charge < -0.3 is 4.57 Å². The first-order valence-corrected chi connectivity index (χ1v) is 5.84. The summed E-state index contributed by atoms with van der Waals surface area (Å²) in [6, 6.07) is 9.18. The van der Waals surface area contributed by atoms with E-state index < -0.39 is 11.2 Å². The lowest BCUT2D eigenvalue weighted by atomic mass is 10.1. The van der Waals surface area contributed by atoms with Gasteiger partial charge in [-0.05, 0) is 5.56 Å². The molecule has 0 amide bonds. The molecule has 0 N–H and O–H groups in total. The SMILES string of the molecule is Cn1cc(C(=O)Cc2ccccc2)c(=O)n(C)c1=O. The summed E-state index contributed by atoms with van der Waals surface area (Å²) in [5, 5.41) is 0. The van der Waals surface area contributed by atoms with Crippen LogP contribution in [0.1, 0.15) is 15.9 Å². The highest BCUT2D eigenvalue weighted by atomic mass is 16.2. The van der Waals surface area contributed by atoms with Crippen molar-refractivity contribution in [3.63, 3.8) is 0 Å². The molecule has 5 nitrogen and oxygen atoms in total. The molecule has 0 spiro atoms. The molecule has 0 fully saturated rings. The van der Waals surface area contributed by atoms with E-state index in [2.05, 4.69) is 0 Å². The molecule has 0 bridgehead atoms. The average molecular weight is 258 g/mol. The van der Waals surface area contributed by atoms with E-state index in [1.54, 1.807) is 0 Å². The highest BCUT2D eigenvalue weighted by molar-refractivity contribution is 5.96. The molecule has 0 unspecified atom stereocenters. The van der Waals surface area contributed by atoms with Gasteiger partial charge in [0, 0.05) is 26.7 Å². The van der Waals surface area contributed by atoms with Crippen molar-refractivity contribution in [1.29, 1.82) is 0 Å². The van der Waals surface area contributed by atoms with Crippen LogP contribution in [0, 0.1) is 0 Å². The number of carbonyl (C=O) groups is 1. The molecular formula is C14H14N2O3. The molecule has 19 heavy (non-hydrogen) atoms. The predicted molar refractivity (Wildman–Crippen MR) is 71.4 cm³/mol. The Morgan fingerprint density at radius 2 is 1.74 bits per heavy atom. The van der Waals surface area contributed by atoms with Crippen molar-refractivity contribution in [2.24, 2.45) is 14.1 Å². The number of aromatic nitrogens is 2. The van der Waals surface area contributed by atoms with E-state index in [-0.39, 0.29) is 17.8 Å². The Balaban J connectivity index is 2.41. The van der Waals surface area contributed by atoms with E-state index in [1.807, 2.05) is 30.3 Å². The Morgan fingerprint density at radius 1 is 1.11 bits per heavy atom. The summed E-state index contributed by atoms with van der Waals surface area (Å²) in [5.74, 6) is -0.289. The zero-order valence-corrected chi connectivity index (χ0v) is 10.8. The third-order valence-corrected chi connectivity index (χ3v) is 2.95. The first kappa shape index (κ1) is 13.0. The monoisotopic (exact) mass is 258 g/mol. The lowest BCUT2D eigenvalue weighted by molar-refractivity contribution is 0.0990. The van der Waals surface area contributed by atoms with Crippen molar-refractivity contribution in [2.75, 3.05) is 0 Å². The van der Waals surface area contributed by atoms with Gasteiger partial charge in [0.2, 0.25) is 0 Å². The molecule has 0 saturated carbocycles. The van der Waals surface area contributed by atoms with Crippen LogP contribution >= 0.6 is 0 Å². The van der Waals surface area contributed by atoms with Gasteiger partial charge in [0.1, 0.15) is 0 Å². The minimum atomic E-state index is -0.552. The summed E-state index contributed by atoms with van der Waals surface area (Å²) in [5.41, 5.74) is -0.123. The van der Waals surface area contributed by atoms with E-state index in [0.717, 1.165) is 10.1 Å². The maximum atomic E-state index is 12.1. The second-order valence-electron chi connectivity index (χ2n) is 4.39. The molecule has 0 aliphatic carbocycles. The van der Waals surface area contributed by atoms with E-state index in [9.17, 15) is 14.4 Å².